The van der Waals surface area contributed by atoms with Gasteiger partial charge < -0.3 is 4.42 Å². The summed E-state index contributed by atoms with van der Waals surface area (Å²) in [6.07, 6.45) is 0. The van der Waals surface area contributed by atoms with Crippen LogP contribution in [0.5, 0.6) is 0 Å². The van der Waals surface area contributed by atoms with Crippen molar-refractivity contribution in [2.24, 2.45) is 0 Å². The number of nitrogens with zero attached hydrogens (tertiary/aromatic N) is 2. The summed E-state index contributed by atoms with van der Waals surface area (Å²) in [7, 11) is -4.04. The summed E-state index contributed by atoms with van der Waals surface area (Å²) < 4.78 is 48.1. The summed E-state index contributed by atoms with van der Waals surface area (Å²) in [5, 5.41) is 8.61. The van der Waals surface area contributed by atoms with Crippen molar-refractivity contribution < 1.29 is 17.2 Å². The lowest BCUT2D eigenvalue weighted by Gasteiger charge is -2.16. The Hall–Kier alpha value is -3.07. The third kappa shape index (κ3) is 4.66. The van der Waals surface area contributed by atoms with Gasteiger partial charge in [-0.25, -0.2) is 12.8 Å². The van der Waals surface area contributed by atoms with E-state index in [4.69, 9.17) is 16.0 Å². The number of aromatic nitrogens is 2. The van der Waals surface area contributed by atoms with Crippen LogP contribution >= 0.6 is 11.6 Å². The van der Waals surface area contributed by atoms with Crippen molar-refractivity contribution in [2.75, 3.05) is 0 Å². The Morgan fingerprint density at radius 3 is 2.39 bits per heavy atom. The fourth-order valence-electron chi connectivity index (χ4n) is 2.97. The van der Waals surface area contributed by atoms with Gasteiger partial charge in [-0.2, -0.15) is 4.72 Å². The van der Waals surface area contributed by atoms with Crippen LogP contribution < -0.4 is 4.72 Å². The van der Waals surface area contributed by atoms with E-state index in [2.05, 4.69) is 14.9 Å². The molecule has 0 aliphatic rings. The van der Waals surface area contributed by atoms with Crippen molar-refractivity contribution in [2.45, 2.75) is 17.9 Å². The predicted molar refractivity (Wildman–Crippen MR) is 114 cm³/mol. The molecular weight excluding hydrogens is 441 g/mol. The Labute approximate surface area is 183 Å². The quantitative estimate of drug-likeness (QED) is 0.445. The molecule has 1 heterocycles. The van der Waals surface area contributed by atoms with Gasteiger partial charge in [0.1, 0.15) is 11.9 Å². The van der Waals surface area contributed by atoms with Crippen LogP contribution in [0.4, 0.5) is 4.39 Å². The van der Waals surface area contributed by atoms with Crippen LogP contribution in [0.15, 0.2) is 82.1 Å². The van der Waals surface area contributed by atoms with Crippen LogP contribution in [-0.4, -0.2) is 18.6 Å². The van der Waals surface area contributed by atoms with Crippen LogP contribution in [0.25, 0.3) is 11.5 Å². The maximum absolute atomic E-state index is 13.6. The first kappa shape index (κ1) is 21.2. The van der Waals surface area contributed by atoms with E-state index in [1.54, 1.807) is 36.4 Å². The van der Waals surface area contributed by atoms with Crippen molar-refractivity contribution in [1.82, 2.24) is 14.9 Å². The SMILES string of the molecule is Cc1cc(S(=O)(=O)NC(c2ccc(Cl)cc2)c2nnc(-c3ccccc3)o2)ccc1F. The number of benzene rings is 3. The summed E-state index contributed by atoms with van der Waals surface area (Å²) in [6.45, 7) is 1.50. The third-order valence-electron chi connectivity index (χ3n) is 4.62. The maximum Gasteiger partial charge on any atom is 0.247 e. The molecule has 0 aliphatic heterocycles. The van der Waals surface area contributed by atoms with Gasteiger partial charge in [-0.3, -0.25) is 0 Å². The zero-order valence-electron chi connectivity index (χ0n) is 16.3. The molecule has 0 saturated heterocycles. The Morgan fingerprint density at radius 1 is 1.00 bits per heavy atom. The van der Waals surface area contributed by atoms with E-state index in [1.165, 1.54) is 19.1 Å². The molecule has 1 atom stereocenters. The Bertz CT molecular complexity index is 1310. The van der Waals surface area contributed by atoms with Gasteiger partial charge in [0, 0.05) is 10.6 Å². The molecule has 0 bridgehead atoms. The fraction of sp³-hybridized carbons (Fsp3) is 0.0909. The van der Waals surface area contributed by atoms with Crippen LogP contribution in [0.1, 0.15) is 23.1 Å². The second-order valence-corrected chi connectivity index (χ2v) is 8.98. The number of hydrogen-bond donors (Lipinski definition) is 1. The monoisotopic (exact) mass is 457 g/mol. The van der Waals surface area contributed by atoms with Gasteiger partial charge >= 0.3 is 0 Å². The van der Waals surface area contributed by atoms with E-state index >= 15 is 0 Å². The summed E-state index contributed by atoms with van der Waals surface area (Å²) in [4.78, 5) is -0.0758. The highest BCUT2D eigenvalue weighted by molar-refractivity contribution is 7.89. The molecule has 0 fully saturated rings. The van der Waals surface area contributed by atoms with E-state index < -0.39 is 21.9 Å². The van der Waals surface area contributed by atoms with Gasteiger partial charge in [0.2, 0.25) is 21.8 Å². The summed E-state index contributed by atoms with van der Waals surface area (Å²) in [5.74, 6) is -0.174. The minimum atomic E-state index is -4.04. The van der Waals surface area contributed by atoms with Crippen molar-refractivity contribution in [3.8, 4) is 11.5 Å². The average molecular weight is 458 g/mol. The molecule has 9 heteroatoms. The highest BCUT2D eigenvalue weighted by Gasteiger charge is 2.28. The van der Waals surface area contributed by atoms with Gasteiger partial charge in [0.15, 0.2) is 0 Å². The first-order valence-corrected chi connectivity index (χ1v) is 11.1. The maximum atomic E-state index is 13.6. The normalized spacial score (nSPS) is 12.6. The molecule has 1 aromatic heterocycles. The number of sulfonamides is 1. The zero-order chi connectivity index (χ0) is 22.0. The second kappa shape index (κ2) is 8.58. The van der Waals surface area contributed by atoms with Gasteiger partial charge in [0.25, 0.3) is 0 Å². The number of nitrogens with one attached hydrogen (secondary N) is 1. The van der Waals surface area contributed by atoms with E-state index in [0.29, 0.717) is 16.1 Å². The third-order valence-corrected chi connectivity index (χ3v) is 6.30. The minimum absolute atomic E-state index is 0.0589. The average Bonchev–Trinajstić information content (AvgIpc) is 3.25. The van der Waals surface area contributed by atoms with Crippen molar-refractivity contribution in [3.63, 3.8) is 0 Å². The molecule has 158 valence electrons. The molecule has 0 amide bonds. The lowest BCUT2D eigenvalue weighted by atomic mass is 10.1. The lowest BCUT2D eigenvalue weighted by molar-refractivity contribution is 0.464. The van der Waals surface area contributed by atoms with E-state index in [1.807, 2.05) is 18.2 Å². The first-order valence-electron chi connectivity index (χ1n) is 9.26. The summed E-state index contributed by atoms with van der Waals surface area (Å²) in [6, 6.07) is 18.3. The Balaban J connectivity index is 1.74. The smallest absolute Gasteiger partial charge is 0.247 e. The highest BCUT2D eigenvalue weighted by atomic mass is 35.5. The molecule has 4 rings (SSSR count). The van der Waals surface area contributed by atoms with Crippen molar-refractivity contribution >= 4 is 21.6 Å². The first-order chi connectivity index (χ1) is 14.8. The minimum Gasteiger partial charge on any atom is -0.419 e. The van der Waals surface area contributed by atoms with Crippen LogP contribution in [-0.2, 0) is 10.0 Å². The molecular formula is C22H17ClFN3O3S. The van der Waals surface area contributed by atoms with Crippen molar-refractivity contribution in [3.05, 3.63) is 101 Å². The molecule has 3 aromatic carbocycles. The lowest BCUT2D eigenvalue weighted by Crippen LogP contribution is -2.30. The van der Waals surface area contributed by atoms with E-state index in [9.17, 15) is 12.8 Å². The van der Waals surface area contributed by atoms with Gasteiger partial charge in [-0.1, -0.05) is 41.9 Å². The standard InChI is InChI=1S/C22H17ClFN3O3S/c1-14-13-18(11-12-19(14)24)31(28,29)27-20(15-7-9-17(23)10-8-15)22-26-25-21(30-22)16-5-3-2-4-6-16/h2-13,20,27H,1H3. The van der Waals surface area contributed by atoms with Gasteiger partial charge in [-0.05, 0) is 60.5 Å². The Kier molecular flexibility index (Phi) is 5.86. The number of halogens is 2. The molecule has 0 aliphatic carbocycles. The van der Waals surface area contributed by atoms with Crippen molar-refractivity contribution in [1.29, 1.82) is 0 Å². The topological polar surface area (TPSA) is 85.1 Å². The van der Waals surface area contributed by atoms with E-state index in [0.717, 1.165) is 6.07 Å². The summed E-state index contributed by atoms with van der Waals surface area (Å²) >= 11 is 5.98. The van der Waals surface area contributed by atoms with Gasteiger partial charge in [-0.15, -0.1) is 10.2 Å². The number of aryl methyl sites for hydroxylation is 1. The largest absolute Gasteiger partial charge is 0.419 e. The molecule has 0 saturated carbocycles. The number of hydrogen-bond acceptors (Lipinski definition) is 5. The fourth-order valence-corrected chi connectivity index (χ4v) is 4.36. The molecule has 0 radical (unpaired) electrons. The zero-order valence-corrected chi connectivity index (χ0v) is 17.9. The molecule has 4 aromatic rings. The molecule has 6 nitrogen and oxygen atoms in total. The van der Waals surface area contributed by atoms with Crippen LogP contribution in [0, 0.1) is 12.7 Å². The molecule has 1 N–H and O–H groups in total. The van der Waals surface area contributed by atoms with E-state index in [-0.39, 0.29) is 22.2 Å². The highest BCUT2D eigenvalue weighted by Crippen LogP contribution is 2.28. The second-order valence-electron chi connectivity index (χ2n) is 6.83. The van der Waals surface area contributed by atoms with Gasteiger partial charge in [0.05, 0.1) is 4.90 Å². The Morgan fingerprint density at radius 2 is 1.71 bits per heavy atom. The van der Waals surface area contributed by atoms with Crippen LogP contribution in [0.2, 0.25) is 5.02 Å². The number of rotatable bonds is 6. The predicted octanol–water partition coefficient (Wildman–Crippen LogP) is 4.91. The summed E-state index contributed by atoms with van der Waals surface area (Å²) in [5.41, 5.74) is 1.47. The molecule has 1 unspecified atom stereocenters. The molecule has 0 spiro atoms. The molecule has 31 heavy (non-hydrogen) atoms. The van der Waals surface area contributed by atoms with Crippen LogP contribution in [0.3, 0.4) is 0 Å².